The van der Waals surface area contributed by atoms with Gasteiger partial charge in [0, 0.05) is 11.0 Å². The summed E-state index contributed by atoms with van der Waals surface area (Å²) in [6, 6.07) is 4.47. The Balaban J connectivity index is 2.65. The van der Waals surface area contributed by atoms with Crippen molar-refractivity contribution >= 4 is 21.9 Å². The number of benzene rings is 1. The van der Waals surface area contributed by atoms with Crippen LogP contribution < -0.4 is 0 Å². The van der Waals surface area contributed by atoms with Crippen molar-refractivity contribution < 1.29 is 13.9 Å². The molecule has 0 N–H and O–H groups in total. The SMILES string of the molecule is COC(=O)CN(C)Cc1cc(F)ccc1Br. The van der Waals surface area contributed by atoms with Crippen LogP contribution in [-0.2, 0) is 16.1 Å². The minimum atomic E-state index is -0.310. The average molecular weight is 290 g/mol. The Morgan fingerprint density at radius 3 is 2.88 bits per heavy atom. The van der Waals surface area contributed by atoms with Crippen molar-refractivity contribution in [2.75, 3.05) is 20.7 Å². The van der Waals surface area contributed by atoms with Crippen molar-refractivity contribution in [2.45, 2.75) is 6.54 Å². The lowest BCUT2D eigenvalue weighted by atomic mass is 10.2. The minimum absolute atomic E-state index is 0.180. The van der Waals surface area contributed by atoms with Crippen molar-refractivity contribution in [1.29, 1.82) is 0 Å². The van der Waals surface area contributed by atoms with E-state index in [1.165, 1.54) is 19.2 Å². The molecule has 0 amide bonds. The number of ether oxygens (including phenoxy) is 1. The first kappa shape index (κ1) is 13.1. The Morgan fingerprint density at radius 1 is 1.56 bits per heavy atom. The first-order valence-corrected chi connectivity index (χ1v) is 5.51. The summed E-state index contributed by atoms with van der Waals surface area (Å²) in [6.07, 6.45) is 0. The van der Waals surface area contributed by atoms with Gasteiger partial charge in [0.25, 0.3) is 0 Å². The molecule has 1 aromatic carbocycles. The predicted octanol–water partition coefficient (Wildman–Crippen LogP) is 2.19. The van der Waals surface area contributed by atoms with Gasteiger partial charge in [-0.3, -0.25) is 9.69 Å². The third-order valence-corrected chi connectivity index (χ3v) is 2.85. The molecule has 5 heteroatoms. The third kappa shape index (κ3) is 3.90. The number of likely N-dealkylation sites (N-methyl/N-ethyl adjacent to an activating group) is 1. The number of carbonyl (C=O) groups is 1. The van der Waals surface area contributed by atoms with Crippen LogP contribution in [0.1, 0.15) is 5.56 Å². The molecule has 1 aromatic rings. The molecule has 0 aliphatic carbocycles. The Kier molecular flexibility index (Phi) is 4.89. The number of hydrogen-bond acceptors (Lipinski definition) is 3. The maximum absolute atomic E-state index is 13.0. The van der Waals surface area contributed by atoms with E-state index in [2.05, 4.69) is 20.7 Å². The van der Waals surface area contributed by atoms with E-state index >= 15 is 0 Å². The van der Waals surface area contributed by atoms with E-state index in [9.17, 15) is 9.18 Å². The second-order valence-electron chi connectivity index (χ2n) is 3.48. The smallest absolute Gasteiger partial charge is 0.319 e. The van der Waals surface area contributed by atoms with Crippen molar-refractivity contribution in [3.8, 4) is 0 Å². The van der Waals surface area contributed by atoms with Crippen LogP contribution in [0.25, 0.3) is 0 Å². The molecule has 0 atom stereocenters. The summed E-state index contributed by atoms with van der Waals surface area (Å²) < 4.78 is 18.4. The van der Waals surface area contributed by atoms with E-state index in [0.717, 1.165) is 10.0 Å². The summed E-state index contributed by atoms with van der Waals surface area (Å²) in [7, 11) is 3.11. The van der Waals surface area contributed by atoms with Crippen molar-refractivity contribution in [3.63, 3.8) is 0 Å². The average Bonchev–Trinajstić information content (AvgIpc) is 2.23. The van der Waals surface area contributed by atoms with Gasteiger partial charge in [-0.2, -0.15) is 0 Å². The lowest BCUT2D eigenvalue weighted by molar-refractivity contribution is -0.141. The van der Waals surface area contributed by atoms with Crippen molar-refractivity contribution in [2.24, 2.45) is 0 Å². The van der Waals surface area contributed by atoms with E-state index in [4.69, 9.17) is 0 Å². The lowest BCUT2D eigenvalue weighted by Crippen LogP contribution is -2.26. The number of halogens is 2. The van der Waals surface area contributed by atoms with Gasteiger partial charge in [0.15, 0.2) is 0 Å². The fourth-order valence-corrected chi connectivity index (χ4v) is 1.67. The number of hydrogen-bond donors (Lipinski definition) is 0. The van der Waals surface area contributed by atoms with E-state index < -0.39 is 0 Å². The number of carbonyl (C=O) groups excluding carboxylic acids is 1. The molecule has 0 aliphatic rings. The van der Waals surface area contributed by atoms with Gasteiger partial charge in [0.1, 0.15) is 5.82 Å². The monoisotopic (exact) mass is 289 g/mol. The largest absolute Gasteiger partial charge is 0.468 e. The van der Waals surface area contributed by atoms with Gasteiger partial charge in [-0.25, -0.2) is 4.39 Å². The standard InChI is InChI=1S/C11H13BrFNO2/c1-14(7-11(15)16-2)6-8-5-9(13)3-4-10(8)12/h3-5H,6-7H2,1-2H3. The van der Waals surface area contributed by atoms with Crippen LogP contribution in [0.15, 0.2) is 22.7 Å². The zero-order valence-corrected chi connectivity index (χ0v) is 10.8. The Labute approximate surface area is 102 Å². The van der Waals surface area contributed by atoms with Crippen LogP contribution in [0.5, 0.6) is 0 Å². The summed E-state index contributed by atoms with van der Waals surface area (Å²) in [5.74, 6) is -0.598. The number of nitrogens with zero attached hydrogens (tertiary/aromatic N) is 1. The summed E-state index contributed by atoms with van der Waals surface area (Å²) >= 11 is 3.33. The molecule has 0 saturated heterocycles. The van der Waals surface area contributed by atoms with Crippen molar-refractivity contribution in [3.05, 3.63) is 34.1 Å². The Hall–Kier alpha value is -0.940. The molecular weight excluding hydrogens is 277 g/mol. The molecule has 0 saturated carbocycles. The summed E-state index contributed by atoms with van der Waals surface area (Å²) in [5.41, 5.74) is 0.798. The summed E-state index contributed by atoms with van der Waals surface area (Å²) in [4.78, 5) is 12.8. The molecule has 0 unspecified atom stereocenters. The Morgan fingerprint density at radius 2 is 2.25 bits per heavy atom. The van der Waals surface area contributed by atoms with E-state index in [-0.39, 0.29) is 18.3 Å². The van der Waals surface area contributed by atoms with E-state index in [1.807, 2.05) is 0 Å². The fraction of sp³-hybridized carbons (Fsp3) is 0.364. The van der Waals surface area contributed by atoms with E-state index in [1.54, 1.807) is 18.0 Å². The molecule has 3 nitrogen and oxygen atoms in total. The number of esters is 1. The molecule has 88 valence electrons. The highest BCUT2D eigenvalue weighted by molar-refractivity contribution is 9.10. The van der Waals surface area contributed by atoms with Crippen LogP contribution >= 0.6 is 15.9 Å². The van der Waals surface area contributed by atoms with Gasteiger partial charge in [0.2, 0.25) is 0 Å². The highest BCUT2D eigenvalue weighted by Gasteiger charge is 2.09. The van der Waals surface area contributed by atoms with Crippen LogP contribution in [0, 0.1) is 5.82 Å². The second-order valence-corrected chi connectivity index (χ2v) is 4.34. The minimum Gasteiger partial charge on any atom is -0.468 e. The number of rotatable bonds is 4. The normalized spacial score (nSPS) is 10.6. The molecule has 1 rings (SSSR count). The van der Waals surface area contributed by atoms with Gasteiger partial charge < -0.3 is 4.74 Å². The zero-order valence-electron chi connectivity index (χ0n) is 9.17. The van der Waals surface area contributed by atoms with E-state index in [0.29, 0.717) is 6.54 Å². The number of methoxy groups -OCH3 is 1. The van der Waals surface area contributed by atoms with Crippen LogP contribution in [0.2, 0.25) is 0 Å². The van der Waals surface area contributed by atoms with Crippen LogP contribution in [0.3, 0.4) is 0 Å². The fourth-order valence-electron chi connectivity index (χ4n) is 1.30. The van der Waals surface area contributed by atoms with Gasteiger partial charge in [-0.1, -0.05) is 15.9 Å². The Bertz CT molecular complexity index is 384. The van der Waals surface area contributed by atoms with Crippen molar-refractivity contribution in [1.82, 2.24) is 4.90 Å². The van der Waals surface area contributed by atoms with Gasteiger partial charge in [-0.15, -0.1) is 0 Å². The van der Waals surface area contributed by atoms with Gasteiger partial charge >= 0.3 is 5.97 Å². The molecule has 0 spiro atoms. The third-order valence-electron chi connectivity index (χ3n) is 2.07. The molecular formula is C11H13BrFNO2. The van der Waals surface area contributed by atoms with Crippen LogP contribution in [-0.4, -0.2) is 31.6 Å². The predicted molar refractivity (Wildman–Crippen MR) is 62.5 cm³/mol. The maximum Gasteiger partial charge on any atom is 0.319 e. The molecule has 0 radical (unpaired) electrons. The maximum atomic E-state index is 13.0. The molecule has 0 aromatic heterocycles. The molecule has 0 fully saturated rings. The topological polar surface area (TPSA) is 29.5 Å². The quantitative estimate of drug-likeness (QED) is 0.796. The molecule has 0 aliphatic heterocycles. The summed E-state index contributed by atoms with van der Waals surface area (Å²) in [5, 5.41) is 0. The lowest BCUT2D eigenvalue weighted by Gasteiger charge is -2.16. The molecule has 0 heterocycles. The molecule has 0 bridgehead atoms. The second kappa shape index (κ2) is 5.96. The first-order valence-electron chi connectivity index (χ1n) is 4.72. The molecule has 16 heavy (non-hydrogen) atoms. The highest BCUT2D eigenvalue weighted by atomic mass is 79.9. The van der Waals surface area contributed by atoms with Crippen LogP contribution in [0.4, 0.5) is 4.39 Å². The summed E-state index contributed by atoms with van der Waals surface area (Å²) in [6.45, 7) is 0.660. The highest BCUT2D eigenvalue weighted by Crippen LogP contribution is 2.19. The zero-order chi connectivity index (χ0) is 12.1. The van der Waals surface area contributed by atoms with Gasteiger partial charge in [-0.05, 0) is 30.8 Å². The first-order chi connectivity index (χ1) is 7.52. The van der Waals surface area contributed by atoms with Gasteiger partial charge in [0.05, 0.1) is 13.7 Å².